The van der Waals surface area contributed by atoms with E-state index in [1.54, 1.807) is 0 Å². The summed E-state index contributed by atoms with van der Waals surface area (Å²) in [6, 6.07) is 9.69. The molecule has 1 aromatic rings. The molecule has 1 aliphatic heterocycles. The monoisotopic (exact) mass is 310 g/mol. The van der Waals surface area contributed by atoms with Gasteiger partial charge in [0.15, 0.2) is 0 Å². The lowest BCUT2D eigenvalue weighted by molar-refractivity contribution is 0.0923. The van der Waals surface area contributed by atoms with Gasteiger partial charge in [-0.3, -0.25) is 4.90 Å². The van der Waals surface area contributed by atoms with Gasteiger partial charge in [0.1, 0.15) is 0 Å². The van der Waals surface area contributed by atoms with E-state index >= 15 is 0 Å². The molecule has 100 valence electrons. The molecule has 1 fully saturated rings. The van der Waals surface area contributed by atoms with E-state index in [-0.39, 0.29) is 6.04 Å². The summed E-state index contributed by atoms with van der Waals surface area (Å²) in [7, 11) is 0. The topological polar surface area (TPSA) is 29.3 Å². The van der Waals surface area contributed by atoms with E-state index in [2.05, 4.69) is 58.9 Å². The Hall–Kier alpha value is -0.380. The Morgan fingerprint density at radius 1 is 1.39 bits per heavy atom. The number of likely N-dealkylation sites (tertiary alicyclic amines) is 1. The van der Waals surface area contributed by atoms with Crippen LogP contribution in [0.25, 0.3) is 0 Å². The third kappa shape index (κ3) is 3.14. The molecule has 18 heavy (non-hydrogen) atoms. The molecule has 2 nitrogen and oxygen atoms in total. The summed E-state index contributed by atoms with van der Waals surface area (Å²) in [6.45, 7) is 5.61. The Morgan fingerprint density at radius 3 is 2.78 bits per heavy atom. The van der Waals surface area contributed by atoms with Crippen LogP contribution >= 0.6 is 15.9 Å². The molecule has 0 bridgehead atoms. The molecule has 0 aromatic heterocycles. The Labute approximate surface area is 119 Å². The van der Waals surface area contributed by atoms with Crippen molar-refractivity contribution >= 4 is 15.9 Å². The smallest absolute Gasteiger partial charge is 0.0499 e. The van der Waals surface area contributed by atoms with Crippen molar-refractivity contribution < 1.29 is 0 Å². The molecule has 1 aliphatic rings. The molecule has 0 radical (unpaired) electrons. The number of nitrogens with zero attached hydrogens (tertiary/aromatic N) is 1. The fourth-order valence-corrected chi connectivity index (χ4v) is 3.44. The second-order valence-electron chi connectivity index (χ2n) is 5.44. The molecule has 1 saturated heterocycles. The normalized spacial score (nSPS) is 24.8. The van der Waals surface area contributed by atoms with Crippen LogP contribution in [0.15, 0.2) is 28.7 Å². The minimum Gasteiger partial charge on any atom is -0.326 e. The highest BCUT2D eigenvalue weighted by molar-refractivity contribution is 9.10. The summed E-state index contributed by atoms with van der Waals surface area (Å²) < 4.78 is 1.13. The highest BCUT2D eigenvalue weighted by atomic mass is 79.9. The van der Waals surface area contributed by atoms with Crippen molar-refractivity contribution in [3.05, 3.63) is 34.3 Å². The third-order valence-electron chi connectivity index (χ3n) is 3.90. The molecule has 3 atom stereocenters. The van der Waals surface area contributed by atoms with Gasteiger partial charge < -0.3 is 5.73 Å². The maximum absolute atomic E-state index is 6.25. The highest BCUT2D eigenvalue weighted by Gasteiger charge is 2.29. The molecule has 1 heterocycles. The van der Waals surface area contributed by atoms with Gasteiger partial charge in [-0.05, 0) is 50.9 Å². The van der Waals surface area contributed by atoms with E-state index in [9.17, 15) is 0 Å². The molecule has 3 unspecified atom stereocenters. The summed E-state index contributed by atoms with van der Waals surface area (Å²) >= 11 is 3.56. The molecule has 0 spiro atoms. The van der Waals surface area contributed by atoms with Crippen molar-refractivity contribution in [2.24, 2.45) is 5.73 Å². The van der Waals surface area contributed by atoms with Gasteiger partial charge in [-0.15, -0.1) is 0 Å². The van der Waals surface area contributed by atoms with Crippen LogP contribution in [0.4, 0.5) is 0 Å². The number of halogens is 1. The van der Waals surface area contributed by atoms with Gasteiger partial charge in [0.25, 0.3) is 0 Å². The van der Waals surface area contributed by atoms with Crippen molar-refractivity contribution in [2.45, 2.75) is 51.2 Å². The largest absolute Gasteiger partial charge is 0.326 e. The Bertz CT molecular complexity index is 392. The summed E-state index contributed by atoms with van der Waals surface area (Å²) in [5.41, 5.74) is 7.58. The van der Waals surface area contributed by atoms with E-state index < -0.39 is 0 Å². The first-order valence-corrected chi connectivity index (χ1v) is 7.65. The van der Waals surface area contributed by atoms with Gasteiger partial charge >= 0.3 is 0 Å². The first-order chi connectivity index (χ1) is 8.59. The summed E-state index contributed by atoms with van der Waals surface area (Å²) in [5.74, 6) is 0. The lowest BCUT2D eigenvalue weighted by Gasteiger charge is -2.41. The van der Waals surface area contributed by atoms with Crippen molar-refractivity contribution in [2.75, 3.05) is 6.54 Å². The lowest BCUT2D eigenvalue weighted by Crippen LogP contribution is -2.46. The van der Waals surface area contributed by atoms with Crippen LogP contribution in [0.2, 0.25) is 0 Å². The second-order valence-corrected chi connectivity index (χ2v) is 6.36. The van der Waals surface area contributed by atoms with Gasteiger partial charge in [-0.25, -0.2) is 0 Å². The van der Waals surface area contributed by atoms with Gasteiger partial charge in [-0.2, -0.15) is 0 Å². The predicted octanol–water partition coefficient (Wildman–Crippen LogP) is 3.71. The zero-order valence-corrected chi connectivity index (χ0v) is 12.9. The van der Waals surface area contributed by atoms with Crippen molar-refractivity contribution in [1.29, 1.82) is 0 Å². The number of piperidine rings is 1. The van der Waals surface area contributed by atoms with Crippen LogP contribution in [0.3, 0.4) is 0 Å². The van der Waals surface area contributed by atoms with Gasteiger partial charge in [0.2, 0.25) is 0 Å². The molecule has 3 heteroatoms. The Morgan fingerprint density at radius 2 is 2.17 bits per heavy atom. The van der Waals surface area contributed by atoms with Gasteiger partial charge in [0.05, 0.1) is 0 Å². The van der Waals surface area contributed by atoms with Crippen molar-refractivity contribution in [3.8, 4) is 0 Å². The molecule has 1 aromatic carbocycles. The average molecular weight is 311 g/mol. The fourth-order valence-electron chi connectivity index (χ4n) is 3.02. The maximum Gasteiger partial charge on any atom is 0.0499 e. The van der Waals surface area contributed by atoms with E-state index in [1.807, 2.05) is 0 Å². The average Bonchev–Trinajstić information content (AvgIpc) is 2.32. The Kier molecular flexibility index (Phi) is 4.82. The number of hydrogen-bond donors (Lipinski definition) is 1. The zero-order chi connectivity index (χ0) is 13.1. The molecular weight excluding hydrogens is 288 g/mol. The number of benzene rings is 1. The van der Waals surface area contributed by atoms with E-state index in [0.717, 1.165) is 4.47 Å². The van der Waals surface area contributed by atoms with Gasteiger partial charge in [-0.1, -0.05) is 34.5 Å². The standard InChI is InChI=1S/C15H23BrN2/c1-11-6-3-4-9-18(11)15(12(2)17)13-7-5-8-14(16)10-13/h5,7-8,10-12,15H,3-4,6,9,17H2,1-2H3. The van der Waals surface area contributed by atoms with E-state index in [4.69, 9.17) is 5.73 Å². The summed E-state index contributed by atoms with van der Waals surface area (Å²) in [5, 5.41) is 0. The molecule has 0 saturated carbocycles. The van der Waals surface area contributed by atoms with Crippen LogP contribution in [-0.4, -0.2) is 23.5 Å². The van der Waals surface area contributed by atoms with Gasteiger partial charge in [0, 0.05) is 22.6 Å². The molecule has 2 N–H and O–H groups in total. The van der Waals surface area contributed by atoms with Crippen molar-refractivity contribution in [1.82, 2.24) is 4.90 Å². The third-order valence-corrected chi connectivity index (χ3v) is 4.39. The molecule has 2 rings (SSSR count). The lowest BCUT2D eigenvalue weighted by atomic mass is 9.93. The van der Waals surface area contributed by atoms with E-state index in [1.165, 1.54) is 31.4 Å². The molecular formula is C15H23BrN2. The van der Waals surface area contributed by atoms with Crippen LogP contribution < -0.4 is 5.73 Å². The van der Waals surface area contributed by atoms with Crippen molar-refractivity contribution in [3.63, 3.8) is 0 Å². The van der Waals surface area contributed by atoms with Crippen LogP contribution in [0.5, 0.6) is 0 Å². The Balaban J connectivity index is 2.27. The number of hydrogen-bond acceptors (Lipinski definition) is 2. The summed E-state index contributed by atoms with van der Waals surface area (Å²) in [4.78, 5) is 2.58. The van der Waals surface area contributed by atoms with Crippen LogP contribution in [0.1, 0.15) is 44.7 Å². The minimum absolute atomic E-state index is 0.153. The first kappa shape index (κ1) is 14.0. The maximum atomic E-state index is 6.25. The number of nitrogens with two attached hydrogens (primary N) is 1. The number of rotatable bonds is 3. The predicted molar refractivity (Wildman–Crippen MR) is 80.6 cm³/mol. The van der Waals surface area contributed by atoms with Crippen LogP contribution in [-0.2, 0) is 0 Å². The highest BCUT2D eigenvalue weighted by Crippen LogP contribution is 2.31. The van der Waals surface area contributed by atoms with Crippen LogP contribution in [0, 0.1) is 0 Å². The molecule has 0 amide bonds. The summed E-state index contributed by atoms with van der Waals surface area (Å²) in [6.07, 6.45) is 3.93. The van der Waals surface area contributed by atoms with E-state index in [0.29, 0.717) is 12.1 Å². The molecule has 0 aliphatic carbocycles. The fraction of sp³-hybridized carbons (Fsp3) is 0.600. The SMILES string of the molecule is CC(N)C(c1cccc(Br)c1)N1CCCCC1C. The minimum atomic E-state index is 0.153. The first-order valence-electron chi connectivity index (χ1n) is 6.86. The quantitative estimate of drug-likeness (QED) is 0.922. The second kappa shape index (κ2) is 6.18. The zero-order valence-electron chi connectivity index (χ0n) is 11.3.